The first-order valence-corrected chi connectivity index (χ1v) is 10.3. The summed E-state index contributed by atoms with van der Waals surface area (Å²) in [5.74, 6) is -3.98. The number of nitrogens with zero attached hydrogens (tertiary/aromatic N) is 1. The van der Waals surface area contributed by atoms with E-state index in [0.717, 1.165) is 0 Å². The van der Waals surface area contributed by atoms with Crippen molar-refractivity contribution in [3.63, 3.8) is 0 Å². The Morgan fingerprint density at radius 2 is 1.31 bits per heavy atom. The number of benzene rings is 1. The van der Waals surface area contributed by atoms with Gasteiger partial charge in [-0.3, -0.25) is 4.79 Å². The van der Waals surface area contributed by atoms with Crippen molar-refractivity contribution in [2.75, 3.05) is 26.4 Å². The molecule has 0 radical (unpaired) electrons. The Morgan fingerprint density at radius 3 is 1.75 bits per heavy atom. The van der Waals surface area contributed by atoms with E-state index in [-0.39, 0.29) is 37.8 Å². The normalized spacial score (nSPS) is 11.0. The van der Waals surface area contributed by atoms with Crippen LogP contribution < -0.4 is 0 Å². The molecule has 0 aliphatic heterocycles. The topological polar surface area (TPSA) is 121 Å². The van der Waals surface area contributed by atoms with Crippen molar-refractivity contribution in [2.45, 2.75) is 32.7 Å². The molecular formula is C23H27NO8. The maximum atomic E-state index is 13.1. The fourth-order valence-corrected chi connectivity index (χ4v) is 3.35. The zero-order valence-corrected chi connectivity index (χ0v) is 18.3. The highest BCUT2D eigenvalue weighted by Crippen LogP contribution is 2.32. The van der Waals surface area contributed by atoms with Gasteiger partial charge in [0.05, 0.1) is 37.8 Å². The summed E-state index contributed by atoms with van der Waals surface area (Å²) < 4.78 is 16.5. The van der Waals surface area contributed by atoms with E-state index < -0.39 is 35.7 Å². The molecule has 0 amide bonds. The van der Waals surface area contributed by atoms with Crippen molar-refractivity contribution in [1.29, 1.82) is 0 Å². The molecule has 0 atom stereocenters. The average Bonchev–Trinajstić information content (AvgIpc) is 3.19. The number of ether oxygens (including phenoxy) is 3. The molecule has 2 rings (SSSR count). The second-order valence-corrected chi connectivity index (χ2v) is 6.59. The van der Waals surface area contributed by atoms with Gasteiger partial charge in [-0.15, -0.1) is 0 Å². The van der Waals surface area contributed by atoms with Gasteiger partial charge >= 0.3 is 17.9 Å². The Kier molecular flexibility index (Phi) is 8.71. The molecule has 2 aromatic rings. The predicted octanol–water partition coefficient (Wildman–Crippen LogP) is 1.64. The molecule has 1 aromatic heterocycles. The molecule has 0 spiro atoms. The monoisotopic (exact) mass is 445 g/mol. The zero-order valence-electron chi connectivity index (χ0n) is 18.3. The number of hydrogen-bond donors (Lipinski definition) is 1. The molecule has 32 heavy (non-hydrogen) atoms. The van der Waals surface area contributed by atoms with E-state index in [9.17, 15) is 24.3 Å². The predicted molar refractivity (Wildman–Crippen MR) is 113 cm³/mol. The Hall–Kier alpha value is -3.46. The lowest BCUT2D eigenvalue weighted by Gasteiger charge is -2.28. The van der Waals surface area contributed by atoms with Crippen molar-refractivity contribution in [1.82, 2.24) is 4.57 Å². The van der Waals surface area contributed by atoms with Gasteiger partial charge in [-0.25, -0.2) is 14.4 Å². The summed E-state index contributed by atoms with van der Waals surface area (Å²) in [6.45, 7) is 3.63. The molecule has 9 heteroatoms. The molecule has 9 nitrogen and oxygen atoms in total. The van der Waals surface area contributed by atoms with Gasteiger partial charge in [0.2, 0.25) is 5.78 Å². The van der Waals surface area contributed by atoms with Crippen LogP contribution in [0, 0.1) is 0 Å². The molecule has 172 valence electrons. The van der Waals surface area contributed by atoms with Crippen LogP contribution in [-0.4, -0.2) is 59.8 Å². The lowest BCUT2D eigenvalue weighted by molar-refractivity contribution is -0.176. The van der Waals surface area contributed by atoms with Gasteiger partial charge in [0, 0.05) is 12.1 Å². The number of aliphatic hydroxyl groups is 1. The van der Waals surface area contributed by atoms with Crippen LogP contribution in [0.25, 0.3) is 0 Å². The molecule has 1 aromatic carbocycles. The van der Waals surface area contributed by atoms with Crippen LogP contribution in [0.4, 0.5) is 0 Å². The number of carbonyl (C=O) groups is 4. The summed E-state index contributed by atoms with van der Waals surface area (Å²) in [6.07, 6.45) is 0. The number of rotatable bonds is 11. The lowest BCUT2D eigenvalue weighted by atomic mass is 9.83. The van der Waals surface area contributed by atoms with Crippen molar-refractivity contribution in [3.8, 4) is 0 Å². The third kappa shape index (κ3) is 4.57. The van der Waals surface area contributed by atoms with E-state index in [1.165, 1.54) is 37.5 Å². The van der Waals surface area contributed by atoms with Gasteiger partial charge < -0.3 is 23.9 Å². The Morgan fingerprint density at radius 1 is 0.812 bits per heavy atom. The highest BCUT2D eigenvalue weighted by Gasteiger charge is 2.61. The first-order chi connectivity index (χ1) is 15.4. The minimum Gasteiger partial charge on any atom is -0.464 e. The quantitative estimate of drug-likeness (QED) is 0.240. The summed E-state index contributed by atoms with van der Waals surface area (Å²) in [6, 6.07) is 11.0. The summed E-state index contributed by atoms with van der Waals surface area (Å²) in [5.41, 5.74) is -2.37. The van der Waals surface area contributed by atoms with E-state index in [1.807, 2.05) is 0 Å². The number of aliphatic hydroxyl groups excluding tert-OH is 1. The maximum Gasteiger partial charge on any atom is 0.341 e. The van der Waals surface area contributed by atoms with Crippen LogP contribution in [0.3, 0.4) is 0 Å². The standard InChI is InChI=1S/C23H27NO8/c1-4-30-20(27)23(21(28)31-5-2,22(29)32-6-3)18-13-12-17(24(18)14-15-25)19(26)16-10-8-7-9-11-16/h7-13,25H,4-6,14-15H2,1-3H3. The van der Waals surface area contributed by atoms with Crippen molar-refractivity contribution < 1.29 is 38.5 Å². The van der Waals surface area contributed by atoms with Gasteiger partial charge in [-0.1, -0.05) is 30.3 Å². The van der Waals surface area contributed by atoms with E-state index in [2.05, 4.69) is 0 Å². The van der Waals surface area contributed by atoms with E-state index in [0.29, 0.717) is 5.56 Å². The largest absolute Gasteiger partial charge is 0.464 e. The van der Waals surface area contributed by atoms with Crippen LogP contribution in [-0.2, 0) is 40.6 Å². The third-order valence-corrected chi connectivity index (χ3v) is 4.70. The first kappa shape index (κ1) is 24.8. The van der Waals surface area contributed by atoms with Crippen LogP contribution >= 0.6 is 0 Å². The van der Waals surface area contributed by atoms with Gasteiger partial charge in [0.15, 0.2) is 0 Å². The van der Waals surface area contributed by atoms with Crippen molar-refractivity contribution in [3.05, 3.63) is 59.4 Å². The third-order valence-electron chi connectivity index (χ3n) is 4.70. The van der Waals surface area contributed by atoms with E-state index in [1.54, 1.807) is 30.3 Å². The molecule has 0 saturated carbocycles. The van der Waals surface area contributed by atoms with Crippen molar-refractivity contribution >= 4 is 23.7 Å². The summed E-state index contributed by atoms with van der Waals surface area (Å²) >= 11 is 0. The van der Waals surface area contributed by atoms with Gasteiger partial charge in [-0.05, 0) is 32.9 Å². The molecule has 1 heterocycles. The fraction of sp³-hybridized carbons (Fsp3) is 0.391. The maximum absolute atomic E-state index is 13.1. The molecule has 0 unspecified atom stereocenters. The highest BCUT2D eigenvalue weighted by molar-refractivity contribution is 6.24. The van der Waals surface area contributed by atoms with Gasteiger partial charge in [0.25, 0.3) is 5.41 Å². The number of ketones is 1. The Balaban J connectivity index is 2.81. The van der Waals surface area contributed by atoms with Gasteiger partial charge in [-0.2, -0.15) is 0 Å². The van der Waals surface area contributed by atoms with E-state index in [4.69, 9.17) is 14.2 Å². The second-order valence-electron chi connectivity index (χ2n) is 6.59. The van der Waals surface area contributed by atoms with Crippen LogP contribution in [0.15, 0.2) is 42.5 Å². The number of esters is 3. The molecule has 0 bridgehead atoms. The molecule has 0 aliphatic rings. The number of carbonyl (C=O) groups excluding carboxylic acids is 4. The number of aromatic nitrogens is 1. The average molecular weight is 445 g/mol. The Bertz CT molecular complexity index is 918. The Labute approximate surface area is 185 Å². The minimum absolute atomic E-state index is 0.0718. The van der Waals surface area contributed by atoms with Crippen LogP contribution in [0.5, 0.6) is 0 Å². The summed E-state index contributed by atoms with van der Waals surface area (Å²) in [4.78, 5) is 52.5. The second kappa shape index (κ2) is 11.2. The fourth-order valence-electron chi connectivity index (χ4n) is 3.35. The SMILES string of the molecule is CCOC(=O)C(C(=O)OCC)(C(=O)OCC)c1ccc(C(=O)c2ccccc2)n1CCO. The van der Waals surface area contributed by atoms with Crippen LogP contribution in [0.1, 0.15) is 42.5 Å². The lowest BCUT2D eigenvalue weighted by Crippen LogP contribution is -2.54. The van der Waals surface area contributed by atoms with Gasteiger partial charge in [0.1, 0.15) is 0 Å². The summed E-state index contributed by atoms with van der Waals surface area (Å²) in [5, 5.41) is 9.65. The van der Waals surface area contributed by atoms with Crippen LogP contribution in [0.2, 0.25) is 0 Å². The molecule has 0 saturated heterocycles. The molecule has 1 N–H and O–H groups in total. The molecular weight excluding hydrogens is 418 g/mol. The highest BCUT2D eigenvalue weighted by atomic mass is 16.6. The molecule has 0 aliphatic carbocycles. The molecule has 0 fully saturated rings. The van der Waals surface area contributed by atoms with E-state index >= 15 is 0 Å². The first-order valence-electron chi connectivity index (χ1n) is 10.3. The summed E-state index contributed by atoms with van der Waals surface area (Å²) in [7, 11) is 0. The zero-order chi connectivity index (χ0) is 23.7. The van der Waals surface area contributed by atoms with Crippen molar-refractivity contribution in [2.24, 2.45) is 0 Å². The minimum atomic E-state index is -2.62. The number of hydrogen-bond acceptors (Lipinski definition) is 8. The smallest absolute Gasteiger partial charge is 0.341 e.